The average molecular weight is 239 g/mol. The van der Waals surface area contributed by atoms with Crippen LogP contribution in [0.5, 0.6) is 5.75 Å². The molecule has 2 aromatic rings. The lowest BCUT2D eigenvalue weighted by Crippen LogP contribution is -1.85. The van der Waals surface area contributed by atoms with Gasteiger partial charge in [-0.2, -0.15) is 0 Å². The zero-order valence-corrected chi connectivity index (χ0v) is 11.0. The predicted octanol–water partition coefficient (Wildman–Crippen LogP) is 4.06. The molecule has 2 rings (SSSR count). The number of rotatable bonds is 3. The molecule has 0 aliphatic rings. The molecule has 18 heavy (non-hydrogen) atoms. The molecule has 0 radical (unpaired) electrons. The van der Waals surface area contributed by atoms with Crippen LogP contribution in [0.2, 0.25) is 0 Å². The first-order valence-electron chi connectivity index (χ1n) is 5.94. The van der Waals surface area contributed by atoms with Gasteiger partial charge in [0.25, 0.3) is 0 Å². The lowest BCUT2D eigenvalue weighted by molar-refractivity contribution is 0.415. The highest BCUT2D eigenvalue weighted by Gasteiger charge is 1.95. The van der Waals surface area contributed by atoms with Crippen LogP contribution in [0, 0.1) is 13.8 Å². The van der Waals surface area contributed by atoms with Crippen molar-refractivity contribution in [2.24, 2.45) is 4.99 Å². The number of nitrogens with zero attached hydrogens (tertiary/aromatic N) is 1. The Kier molecular flexibility index (Phi) is 3.78. The molecule has 0 saturated heterocycles. The van der Waals surface area contributed by atoms with Gasteiger partial charge in [0.05, 0.1) is 12.8 Å². The third-order valence-corrected chi connectivity index (χ3v) is 2.95. The highest BCUT2D eigenvalue weighted by Crippen LogP contribution is 2.17. The zero-order chi connectivity index (χ0) is 13.0. The molecule has 0 fully saturated rings. The minimum Gasteiger partial charge on any atom is -0.497 e. The van der Waals surface area contributed by atoms with E-state index < -0.39 is 0 Å². The fourth-order valence-electron chi connectivity index (χ4n) is 1.68. The molecule has 2 aromatic carbocycles. The molecule has 0 N–H and O–H groups in total. The number of ether oxygens (including phenoxy) is 1. The lowest BCUT2D eigenvalue weighted by Gasteiger charge is -2.01. The van der Waals surface area contributed by atoms with E-state index in [1.165, 1.54) is 11.1 Å². The van der Waals surface area contributed by atoms with Crippen molar-refractivity contribution in [3.05, 3.63) is 59.2 Å². The fraction of sp³-hybridized carbons (Fsp3) is 0.188. The molecule has 0 bridgehead atoms. The molecule has 0 unspecified atom stereocenters. The van der Waals surface area contributed by atoms with Crippen molar-refractivity contribution >= 4 is 11.9 Å². The SMILES string of the molecule is COc1cccc(C=Nc2ccc(C)c(C)c2)c1. The zero-order valence-electron chi connectivity index (χ0n) is 11.0. The Balaban J connectivity index is 2.21. The minimum absolute atomic E-state index is 0.846. The summed E-state index contributed by atoms with van der Waals surface area (Å²) in [6.45, 7) is 4.20. The summed E-state index contributed by atoms with van der Waals surface area (Å²) in [5.41, 5.74) is 4.55. The van der Waals surface area contributed by atoms with Crippen LogP contribution in [-0.2, 0) is 0 Å². The third-order valence-electron chi connectivity index (χ3n) is 2.95. The van der Waals surface area contributed by atoms with E-state index in [1.807, 2.05) is 36.5 Å². The van der Waals surface area contributed by atoms with Crippen LogP contribution < -0.4 is 4.74 Å². The summed E-state index contributed by atoms with van der Waals surface area (Å²) in [6, 6.07) is 14.1. The number of hydrogen-bond acceptors (Lipinski definition) is 2. The highest BCUT2D eigenvalue weighted by molar-refractivity contribution is 5.82. The van der Waals surface area contributed by atoms with Crippen LogP contribution in [0.4, 0.5) is 5.69 Å². The summed E-state index contributed by atoms with van der Waals surface area (Å²) in [5, 5.41) is 0. The molecule has 0 heterocycles. The Labute approximate surface area is 108 Å². The third kappa shape index (κ3) is 2.98. The predicted molar refractivity (Wildman–Crippen MR) is 76.2 cm³/mol. The van der Waals surface area contributed by atoms with Gasteiger partial charge in [-0.05, 0) is 54.8 Å². The van der Waals surface area contributed by atoms with Crippen LogP contribution in [0.25, 0.3) is 0 Å². The van der Waals surface area contributed by atoms with Crippen LogP contribution in [0.1, 0.15) is 16.7 Å². The van der Waals surface area contributed by atoms with Gasteiger partial charge >= 0.3 is 0 Å². The second kappa shape index (κ2) is 5.50. The van der Waals surface area contributed by atoms with Gasteiger partial charge in [0.1, 0.15) is 5.75 Å². The molecule has 0 aromatic heterocycles. The van der Waals surface area contributed by atoms with E-state index in [0.29, 0.717) is 0 Å². The second-order valence-corrected chi connectivity index (χ2v) is 4.30. The van der Waals surface area contributed by atoms with Crippen LogP contribution in [-0.4, -0.2) is 13.3 Å². The largest absolute Gasteiger partial charge is 0.497 e. The number of aryl methyl sites for hydroxylation is 2. The van der Waals surface area contributed by atoms with Gasteiger partial charge in [0, 0.05) is 6.21 Å². The molecule has 0 atom stereocenters. The molecule has 0 saturated carbocycles. The summed E-state index contributed by atoms with van der Waals surface area (Å²) in [4.78, 5) is 4.47. The first-order valence-corrected chi connectivity index (χ1v) is 5.94. The maximum absolute atomic E-state index is 5.18. The quantitative estimate of drug-likeness (QED) is 0.740. The van der Waals surface area contributed by atoms with Gasteiger partial charge in [0.2, 0.25) is 0 Å². The van der Waals surface area contributed by atoms with Gasteiger partial charge in [0.15, 0.2) is 0 Å². The lowest BCUT2D eigenvalue weighted by atomic mass is 10.1. The van der Waals surface area contributed by atoms with E-state index in [-0.39, 0.29) is 0 Å². The Bertz CT molecular complexity index is 573. The van der Waals surface area contributed by atoms with Crippen molar-refractivity contribution in [2.45, 2.75) is 13.8 Å². The van der Waals surface area contributed by atoms with Crippen LogP contribution in [0.3, 0.4) is 0 Å². The van der Waals surface area contributed by atoms with E-state index in [0.717, 1.165) is 17.0 Å². The Hall–Kier alpha value is -2.09. The summed E-state index contributed by atoms with van der Waals surface area (Å²) >= 11 is 0. The molecule has 0 aliphatic carbocycles. The minimum atomic E-state index is 0.846. The summed E-state index contributed by atoms with van der Waals surface area (Å²) in [7, 11) is 1.67. The Morgan fingerprint density at radius 3 is 2.56 bits per heavy atom. The molecule has 0 amide bonds. The number of methoxy groups -OCH3 is 1. The molecule has 2 heteroatoms. The van der Waals surface area contributed by atoms with Crippen LogP contribution >= 0.6 is 0 Å². The van der Waals surface area contributed by atoms with Gasteiger partial charge in [-0.25, -0.2) is 0 Å². The van der Waals surface area contributed by atoms with Crippen LogP contribution in [0.15, 0.2) is 47.5 Å². The van der Waals surface area contributed by atoms with Gasteiger partial charge in [-0.1, -0.05) is 18.2 Å². The summed E-state index contributed by atoms with van der Waals surface area (Å²) in [5.74, 6) is 0.846. The Morgan fingerprint density at radius 2 is 1.83 bits per heavy atom. The van der Waals surface area contributed by atoms with Crippen molar-refractivity contribution < 1.29 is 4.74 Å². The molecule has 2 nitrogen and oxygen atoms in total. The maximum atomic E-state index is 5.18. The first-order chi connectivity index (χ1) is 8.69. The monoisotopic (exact) mass is 239 g/mol. The first kappa shape index (κ1) is 12.4. The number of aliphatic imine (C=N–C) groups is 1. The molecular weight excluding hydrogens is 222 g/mol. The fourth-order valence-corrected chi connectivity index (χ4v) is 1.68. The van der Waals surface area contributed by atoms with Gasteiger partial charge in [-0.3, -0.25) is 4.99 Å². The van der Waals surface area contributed by atoms with Crippen molar-refractivity contribution in [1.29, 1.82) is 0 Å². The topological polar surface area (TPSA) is 21.6 Å². The van der Waals surface area contributed by atoms with E-state index in [4.69, 9.17) is 4.74 Å². The van der Waals surface area contributed by atoms with E-state index in [1.54, 1.807) is 7.11 Å². The van der Waals surface area contributed by atoms with Crippen molar-refractivity contribution in [1.82, 2.24) is 0 Å². The molecule has 0 aliphatic heterocycles. The highest BCUT2D eigenvalue weighted by atomic mass is 16.5. The van der Waals surface area contributed by atoms with Crippen molar-refractivity contribution in [2.75, 3.05) is 7.11 Å². The van der Waals surface area contributed by atoms with E-state index in [9.17, 15) is 0 Å². The van der Waals surface area contributed by atoms with Gasteiger partial charge < -0.3 is 4.74 Å². The molecule has 92 valence electrons. The molecule has 0 spiro atoms. The number of benzene rings is 2. The van der Waals surface area contributed by atoms with E-state index in [2.05, 4.69) is 31.0 Å². The average Bonchev–Trinajstić information content (AvgIpc) is 2.40. The van der Waals surface area contributed by atoms with Crippen molar-refractivity contribution in [3.63, 3.8) is 0 Å². The maximum Gasteiger partial charge on any atom is 0.119 e. The normalized spacial score (nSPS) is 10.8. The van der Waals surface area contributed by atoms with E-state index >= 15 is 0 Å². The number of hydrogen-bond donors (Lipinski definition) is 0. The second-order valence-electron chi connectivity index (χ2n) is 4.30. The smallest absolute Gasteiger partial charge is 0.119 e. The van der Waals surface area contributed by atoms with Crippen molar-refractivity contribution in [3.8, 4) is 5.75 Å². The van der Waals surface area contributed by atoms with Gasteiger partial charge in [-0.15, -0.1) is 0 Å². The standard InChI is InChI=1S/C16H17NO/c1-12-7-8-15(9-13(12)2)17-11-14-5-4-6-16(10-14)18-3/h4-11H,1-3H3. The Morgan fingerprint density at radius 1 is 1.00 bits per heavy atom. The summed E-state index contributed by atoms with van der Waals surface area (Å²) in [6.07, 6.45) is 1.85. The summed E-state index contributed by atoms with van der Waals surface area (Å²) < 4.78 is 5.18. The molecular formula is C16H17NO.